The van der Waals surface area contributed by atoms with Crippen LogP contribution in [0.3, 0.4) is 0 Å². The Hall–Kier alpha value is -5.84. The Morgan fingerprint density at radius 2 is 1.41 bits per heavy atom. The molecule has 8 aromatic rings. The van der Waals surface area contributed by atoms with Crippen LogP contribution in [0.4, 0.5) is 5.69 Å². The largest absolute Gasteiger partial charge is 0.333 e. The average molecular weight is 648 g/mol. The molecule has 2 atom stereocenters. The SMILES string of the molecule is CC1C=C(C=Nc2ccccc2C(=N)c2ccccc2)C=CC1n1c2ccc(-c3ccccc3)cc2c2cc3sc4ccccc4c3cc21. The van der Waals surface area contributed by atoms with Gasteiger partial charge in [0.1, 0.15) is 0 Å². The number of nitrogens with zero attached hydrogens (tertiary/aromatic N) is 2. The molecule has 2 unspecified atom stereocenters. The number of nitrogens with one attached hydrogen (secondary N) is 1. The quantitative estimate of drug-likeness (QED) is 0.175. The zero-order valence-electron chi connectivity index (χ0n) is 27.0. The van der Waals surface area contributed by atoms with Crippen LogP contribution in [-0.2, 0) is 0 Å². The van der Waals surface area contributed by atoms with E-state index in [4.69, 9.17) is 10.4 Å². The van der Waals surface area contributed by atoms with E-state index in [9.17, 15) is 0 Å². The van der Waals surface area contributed by atoms with Gasteiger partial charge in [-0.2, -0.15) is 0 Å². The van der Waals surface area contributed by atoms with Crippen LogP contribution in [0.5, 0.6) is 0 Å². The summed E-state index contributed by atoms with van der Waals surface area (Å²) < 4.78 is 5.20. The van der Waals surface area contributed by atoms with Gasteiger partial charge in [-0.3, -0.25) is 10.4 Å². The van der Waals surface area contributed by atoms with Crippen molar-refractivity contribution in [1.82, 2.24) is 4.57 Å². The second-order valence-corrected chi connectivity index (χ2v) is 13.9. The maximum atomic E-state index is 8.85. The monoisotopic (exact) mass is 647 g/mol. The first-order chi connectivity index (χ1) is 24.1. The van der Waals surface area contributed by atoms with Crippen molar-refractivity contribution < 1.29 is 0 Å². The van der Waals surface area contributed by atoms with Crippen LogP contribution in [0.25, 0.3) is 53.1 Å². The van der Waals surface area contributed by atoms with E-state index in [0.29, 0.717) is 5.71 Å². The van der Waals surface area contributed by atoms with Crippen LogP contribution in [0.15, 0.2) is 168 Å². The van der Waals surface area contributed by atoms with Crippen molar-refractivity contribution in [1.29, 1.82) is 5.41 Å². The Balaban J connectivity index is 1.13. The van der Waals surface area contributed by atoms with E-state index in [0.717, 1.165) is 22.4 Å². The number of aliphatic imine (C=N–C) groups is 1. The molecular formula is C45H33N3S. The van der Waals surface area contributed by atoms with E-state index in [1.807, 2.05) is 72.1 Å². The molecule has 0 radical (unpaired) electrons. The summed E-state index contributed by atoms with van der Waals surface area (Å²) in [7, 11) is 0. The summed E-state index contributed by atoms with van der Waals surface area (Å²) in [6, 6.07) is 49.1. The van der Waals surface area contributed by atoms with Gasteiger partial charge < -0.3 is 4.57 Å². The van der Waals surface area contributed by atoms with Gasteiger partial charge >= 0.3 is 0 Å². The molecule has 0 saturated heterocycles. The summed E-state index contributed by atoms with van der Waals surface area (Å²) in [5.41, 5.74) is 9.02. The number of fused-ring (bicyclic) bond motifs is 6. The van der Waals surface area contributed by atoms with Crippen molar-refractivity contribution >= 4 is 70.9 Å². The Kier molecular flexibility index (Phi) is 7.18. The molecule has 49 heavy (non-hydrogen) atoms. The van der Waals surface area contributed by atoms with E-state index < -0.39 is 0 Å². The maximum Gasteiger partial charge on any atom is 0.0723 e. The van der Waals surface area contributed by atoms with Gasteiger partial charge in [0.15, 0.2) is 0 Å². The molecule has 234 valence electrons. The topological polar surface area (TPSA) is 41.1 Å². The van der Waals surface area contributed by atoms with Crippen LogP contribution in [0.2, 0.25) is 0 Å². The predicted octanol–water partition coefficient (Wildman–Crippen LogP) is 12.3. The van der Waals surface area contributed by atoms with Crippen LogP contribution < -0.4 is 0 Å². The smallest absolute Gasteiger partial charge is 0.0723 e. The van der Waals surface area contributed by atoms with Crippen molar-refractivity contribution in [2.45, 2.75) is 13.0 Å². The minimum absolute atomic E-state index is 0.139. The Morgan fingerprint density at radius 3 is 2.24 bits per heavy atom. The third-order valence-corrected chi connectivity index (χ3v) is 10.9. The molecule has 0 amide bonds. The molecule has 0 aliphatic heterocycles. The Bertz CT molecular complexity index is 2640. The number of aromatic nitrogens is 1. The Labute approximate surface area is 289 Å². The van der Waals surface area contributed by atoms with Crippen LogP contribution in [0.1, 0.15) is 24.1 Å². The lowest BCUT2D eigenvalue weighted by Crippen LogP contribution is -2.16. The summed E-state index contributed by atoms with van der Waals surface area (Å²) in [5.74, 6) is 0.229. The number of benzene rings is 6. The molecule has 4 heteroatoms. The van der Waals surface area contributed by atoms with Gasteiger partial charge in [0, 0.05) is 53.8 Å². The molecule has 1 aliphatic carbocycles. The molecule has 0 saturated carbocycles. The summed E-state index contributed by atoms with van der Waals surface area (Å²) in [6.07, 6.45) is 8.81. The lowest BCUT2D eigenvalue weighted by atomic mass is 9.92. The van der Waals surface area contributed by atoms with Crippen molar-refractivity contribution in [2.24, 2.45) is 10.9 Å². The highest BCUT2D eigenvalue weighted by Gasteiger charge is 2.24. The third-order valence-electron chi connectivity index (χ3n) is 9.77. The molecule has 9 rings (SSSR count). The molecule has 6 aromatic carbocycles. The third kappa shape index (κ3) is 5.13. The summed E-state index contributed by atoms with van der Waals surface area (Å²) in [4.78, 5) is 4.90. The molecular weight excluding hydrogens is 615 g/mol. The maximum absolute atomic E-state index is 8.85. The van der Waals surface area contributed by atoms with Crippen molar-refractivity contribution in [2.75, 3.05) is 0 Å². The minimum Gasteiger partial charge on any atom is -0.333 e. The number of thiophene rings is 1. The molecule has 3 nitrogen and oxygen atoms in total. The lowest BCUT2D eigenvalue weighted by Gasteiger charge is -2.26. The summed E-state index contributed by atoms with van der Waals surface area (Å²) in [6.45, 7) is 2.30. The molecule has 1 aliphatic rings. The van der Waals surface area contributed by atoms with Crippen LogP contribution >= 0.6 is 11.3 Å². The second-order valence-electron chi connectivity index (χ2n) is 12.8. The highest BCUT2D eigenvalue weighted by Crippen LogP contribution is 2.43. The molecule has 0 fully saturated rings. The fourth-order valence-electron chi connectivity index (χ4n) is 7.35. The molecule has 1 N–H and O–H groups in total. The number of hydrogen-bond acceptors (Lipinski definition) is 3. The van der Waals surface area contributed by atoms with Gasteiger partial charge in [-0.1, -0.05) is 128 Å². The van der Waals surface area contributed by atoms with Gasteiger partial charge in [-0.25, -0.2) is 0 Å². The predicted molar refractivity (Wildman–Crippen MR) is 210 cm³/mol. The number of allylic oxidation sites excluding steroid dienone is 4. The lowest BCUT2D eigenvalue weighted by molar-refractivity contribution is 0.509. The van der Waals surface area contributed by atoms with Crippen molar-refractivity contribution in [3.8, 4) is 11.1 Å². The average Bonchev–Trinajstić information content (AvgIpc) is 3.68. The molecule has 2 aromatic heterocycles. The highest BCUT2D eigenvalue weighted by atomic mass is 32.1. The molecule has 2 heterocycles. The standard InChI is InChI=1S/C45H33N3S/c1-29-24-30(28-47-39-18-10-8-17-35(39)45(46)32-14-6-3-7-15-32)20-22-40(29)48-41-23-21-33(31-12-4-2-5-13-31)25-36(41)37-27-44-38(26-42(37)48)34-16-9-11-19-43(34)49-44/h2-29,40,46H,1H3. The van der Waals surface area contributed by atoms with E-state index in [1.165, 1.54) is 53.1 Å². The van der Waals surface area contributed by atoms with Crippen LogP contribution in [-0.4, -0.2) is 16.5 Å². The van der Waals surface area contributed by atoms with Crippen LogP contribution in [0, 0.1) is 11.3 Å². The van der Waals surface area contributed by atoms with E-state index >= 15 is 0 Å². The summed E-state index contributed by atoms with van der Waals surface area (Å²) in [5, 5.41) is 14.1. The number of hydrogen-bond donors (Lipinski definition) is 1. The second kappa shape index (κ2) is 12.0. The normalized spacial score (nSPS) is 16.3. The number of para-hydroxylation sites is 1. The first kappa shape index (κ1) is 29.3. The van der Waals surface area contributed by atoms with Gasteiger partial charge in [-0.05, 0) is 59.0 Å². The zero-order valence-corrected chi connectivity index (χ0v) is 27.9. The molecule has 0 spiro atoms. The van der Waals surface area contributed by atoms with Gasteiger partial charge in [0.25, 0.3) is 0 Å². The zero-order chi connectivity index (χ0) is 32.9. The first-order valence-electron chi connectivity index (χ1n) is 16.7. The fourth-order valence-corrected chi connectivity index (χ4v) is 8.48. The minimum atomic E-state index is 0.139. The van der Waals surface area contributed by atoms with Gasteiger partial charge in [0.05, 0.1) is 23.0 Å². The van der Waals surface area contributed by atoms with E-state index in [2.05, 4.69) is 115 Å². The van der Waals surface area contributed by atoms with E-state index in [-0.39, 0.29) is 12.0 Å². The van der Waals surface area contributed by atoms with Gasteiger partial charge in [-0.15, -0.1) is 11.3 Å². The van der Waals surface area contributed by atoms with Crippen molar-refractivity contribution in [3.05, 3.63) is 174 Å². The fraction of sp³-hybridized carbons (Fsp3) is 0.0667. The van der Waals surface area contributed by atoms with Gasteiger partial charge in [0.2, 0.25) is 0 Å². The summed E-state index contributed by atoms with van der Waals surface area (Å²) >= 11 is 1.88. The first-order valence-corrected chi connectivity index (χ1v) is 17.6. The molecule has 0 bridgehead atoms. The highest BCUT2D eigenvalue weighted by molar-refractivity contribution is 7.25. The van der Waals surface area contributed by atoms with E-state index in [1.54, 1.807) is 0 Å². The number of rotatable bonds is 6. The van der Waals surface area contributed by atoms with Crippen molar-refractivity contribution in [3.63, 3.8) is 0 Å². The Morgan fingerprint density at radius 1 is 0.673 bits per heavy atom.